The van der Waals surface area contributed by atoms with E-state index in [4.69, 9.17) is 10.6 Å². The first-order valence-corrected chi connectivity index (χ1v) is 7.18. The number of hydrogen-bond donors (Lipinski definition) is 2. The van der Waals surface area contributed by atoms with Crippen LogP contribution in [-0.4, -0.2) is 43.2 Å². The third kappa shape index (κ3) is 4.82. The maximum Gasteiger partial charge on any atom is 0.208 e. The molecule has 1 rings (SSSR count). The summed E-state index contributed by atoms with van der Waals surface area (Å²) >= 11 is 0. The van der Waals surface area contributed by atoms with Gasteiger partial charge in [0.25, 0.3) is 0 Å². The Bertz CT molecular complexity index is 245. The lowest BCUT2D eigenvalue weighted by molar-refractivity contribution is 0.146. The van der Waals surface area contributed by atoms with E-state index in [0.29, 0.717) is 6.04 Å². The smallest absolute Gasteiger partial charge is 0.208 e. The Hall–Kier alpha value is -0.810. The lowest BCUT2D eigenvalue weighted by atomic mass is 10.0. The molecule has 3 N–H and O–H groups in total. The number of nitrogens with zero attached hydrogens (tertiary/aromatic N) is 2. The van der Waals surface area contributed by atoms with Gasteiger partial charge in [-0.1, -0.05) is 6.92 Å². The van der Waals surface area contributed by atoms with Crippen molar-refractivity contribution in [2.45, 2.75) is 52.0 Å². The maximum absolute atomic E-state index is 5.61. The van der Waals surface area contributed by atoms with Gasteiger partial charge in [0.1, 0.15) is 0 Å². The summed E-state index contributed by atoms with van der Waals surface area (Å²) in [7, 11) is 0. The van der Waals surface area contributed by atoms with Crippen molar-refractivity contribution in [2.75, 3.05) is 26.3 Å². The van der Waals surface area contributed by atoms with Crippen molar-refractivity contribution in [3.63, 3.8) is 0 Å². The minimum Gasteiger partial charge on any atom is -0.382 e. The molecule has 1 aliphatic rings. The zero-order chi connectivity index (χ0) is 13.2. The molecule has 0 aromatic rings. The van der Waals surface area contributed by atoms with Gasteiger partial charge in [-0.05, 0) is 39.0 Å². The lowest BCUT2D eigenvalue weighted by Crippen LogP contribution is -2.51. The standard InChI is InChI=1S/C13H28N4O/c1-3-12-8-5-6-10-17(12)13(16-14)15-9-7-11-18-4-2/h12H,3-11,14H2,1-2H3,(H,15,16). The van der Waals surface area contributed by atoms with Gasteiger partial charge in [0.2, 0.25) is 5.96 Å². The predicted octanol–water partition coefficient (Wildman–Crippen LogP) is 1.50. The fourth-order valence-corrected chi connectivity index (χ4v) is 2.42. The van der Waals surface area contributed by atoms with Crippen LogP contribution in [0, 0.1) is 0 Å². The van der Waals surface area contributed by atoms with Crippen molar-refractivity contribution < 1.29 is 4.74 Å². The Morgan fingerprint density at radius 3 is 2.94 bits per heavy atom. The van der Waals surface area contributed by atoms with Crippen molar-refractivity contribution in [3.8, 4) is 0 Å². The van der Waals surface area contributed by atoms with Gasteiger partial charge in [-0.3, -0.25) is 10.4 Å². The number of ether oxygens (including phenoxy) is 1. The molecule has 5 heteroatoms. The van der Waals surface area contributed by atoms with Crippen LogP contribution in [0.4, 0.5) is 0 Å². The van der Waals surface area contributed by atoms with Crippen LogP contribution < -0.4 is 11.3 Å². The Morgan fingerprint density at radius 1 is 1.44 bits per heavy atom. The summed E-state index contributed by atoms with van der Waals surface area (Å²) in [5.41, 5.74) is 2.76. The molecule has 0 saturated carbocycles. The number of likely N-dealkylation sites (tertiary alicyclic amines) is 1. The van der Waals surface area contributed by atoms with Crippen LogP contribution in [0.3, 0.4) is 0 Å². The van der Waals surface area contributed by atoms with E-state index in [1.165, 1.54) is 19.3 Å². The molecular formula is C13H28N4O. The Morgan fingerprint density at radius 2 is 2.28 bits per heavy atom. The summed E-state index contributed by atoms with van der Waals surface area (Å²) in [6.45, 7) is 7.62. The first kappa shape index (κ1) is 15.2. The number of hydrogen-bond acceptors (Lipinski definition) is 3. The van der Waals surface area contributed by atoms with Crippen LogP contribution in [0.25, 0.3) is 0 Å². The quantitative estimate of drug-likeness (QED) is 0.248. The summed E-state index contributed by atoms with van der Waals surface area (Å²) in [6.07, 6.45) is 5.90. The highest BCUT2D eigenvalue weighted by molar-refractivity contribution is 5.79. The van der Waals surface area contributed by atoms with Gasteiger partial charge in [0.05, 0.1) is 0 Å². The molecule has 0 radical (unpaired) electrons. The van der Waals surface area contributed by atoms with Gasteiger partial charge in [-0.25, -0.2) is 5.84 Å². The van der Waals surface area contributed by atoms with Crippen molar-refractivity contribution in [1.82, 2.24) is 10.3 Å². The van der Waals surface area contributed by atoms with Crippen LogP contribution in [0.15, 0.2) is 4.99 Å². The number of rotatable bonds is 6. The van der Waals surface area contributed by atoms with Crippen molar-refractivity contribution in [2.24, 2.45) is 10.8 Å². The van der Waals surface area contributed by atoms with Crippen LogP contribution in [0.2, 0.25) is 0 Å². The summed E-state index contributed by atoms with van der Waals surface area (Å²) in [5, 5.41) is 0. The molecule has 0 aromatic heterocycles. The maximum atomic E-state index is 5.61. The molecule has 0 aromatic carbocycles. The summed E-state index contributed by atoms with van der Waals surface area (Å²) < 4.78 is 5.30. The van der Waals surface area contributed by atoms with Gasteiger partial charge in [0.15, 0.2) is 0 Å². The molecule has 1 aliphatic heterocycles. The highest BCUT2D eigenvalue weighted by Gasteiger charge is 2.23. The predicted molar refractivity (Wildman–Crippen MR) is 75.4 cm³/mol. The SMILES string of the molecule is CCOCCCN=C(NN)N1CCCCC1CC. The van der Waals surface area contributed by atoms with Gasteiger partial charge in [0, 0.05) is 32.3 Å². The molecule has 1 atom stereocenters. The second-order valence-corrected chi connectivity index (χ2v) is 4.65. The fourth-order valence-electron chi connectivity index (χ4n) is 2.42. The molecule has 0 spiro atoms. The minimum atomic E-state index is 0.584. The molecular weight excluding hydrogens is 228 g/mol. The second-order valence-electron chi connectivity index (χ2n) is 4.65. The summed E-state index contributed by atoms with van der Waals surface area (Å²) in [4.78, 5) is 6.89. The van der Waals surface area contributed by atoms with Crippen LogP contribution in [-0.2, 0) is 4.74 Å². The molecule has 106 valence electrons. The normalized spacial score (nSPS) is 21.2. The molecule has 5 nitrogen and oxygen atoms in total. The van der Waals surface area contributed by atoms with E-state index in [9.17, 15) is 0 Å². The van der Waals surface area contributed by atoms with Crippen LogP contribution in [0.1, 0.15) is 46.0 Å². The molecule has 1 saturated heterocycles. The van der Waals surface area contributed by atoms with E-state index in [1.807, 2.05) is 6.92 Å². The average Bonchev–Trinajstić information content (AvgIpc) is 2.43. The Labute approximate surface area is 111 Å². The van der Waals surface area contributed by atoms with Gasteiger partial charge in [-0.15, -0.1) is 0 Å². The number of nitrogens with two attached hydrogens (primary N) is 1. The number of hydrazine groups is 1. The largest absolute Gasteiger partial charge is 0.382 e. The molecule has 0 bridgehead atoms. The monoisotopic (exact) mass is 256 g/mol. The number of guanidine groups is 1. The highest BCUT2D eigenvalue weighted by atomic mass is 16.5. The van der Waals surface area contributed by atoms with Gasteiger partial charge in [-0.2, -0.15) is 0 Å². The molecule has 1 heterocycles. The number of nitrogens with one attached hydrogen (secondary N) is 1. The zero-order valence-corrected chi connectivity index (χ0v) is 11.8. The summed E-state index contributed by atoms with van der Waals surface area (Å²) in [6, 6.07) is 0.584. The molecule has 0 aliphatic carbocycles. The Kier molecular flexibility index (Phi) is 7.76. The fraction of sp³-hybridized carbons (Fsp3) is 0.923. The van der Waals surface area contributed by atoms with Crippen LogP contribution >= 0.6 is 0 Å². The topological polar surface area (TPSA) is 62.9 Å². The van der Waals surface area contributed by atoms with E-state index in [0.717, 1.165) is 45.1 Å². The van der Waals surface area contributed by atoms with Gasteiger partial charge < -0.3 is 9.64 Å². The third-order valence-electron chi connectivity index (χ3n) is 3.41. The minimum absolute atomic E-state index is 0.584. The Balaban J connectivity index is 2.44. The highest BCUT2D eigenvalue weighted by Crippen LogP contribution is 2.19. The molecule has 1 fully saturated rings. The van der Waals surface area contributed by atoms with Gasteiger partial charge >= 0.3 is 0 Å². The first-order valence-electron chi connectivity index (χ1n) is 7.18. The average molecular weight is 256 g/mol. The molecule has 0 amide bonds. The number of piperidine rings is 1. The van der Waals surface area contributed by atoms with Crippen molar-refractivity contribution in [3.05, 3.63) is 0 Å². The van der Waals surface area contributed by atoms with E-state index in [1.54, 1.807) is 0 Å². The number of aliphatic imine (C=N–C) groups is 1. The third-order valence-corrected chi connectivity index (χ3v) is 3.41. The second kappa shape index (κ2) is 9.16. The summed E-state index contributed by atoms with van der Waals surface area (Å²) in [5.74, 6) is 6.45. The first-order chi connectivity index (χ1) is 8.83. The van der Waals surface area contributed by atoms with E-state index >= 15 is 0 Å². The lowest BCUT2D eigenvalue weighted by Gasteiger charge is -2.37. The van der Waals surface area contributed by atoms with E-state index in [-0.39, 0.29) is 0 Å². The van der Waals surface area contributed by atoms with E-state index < -0.39 is 0 Å². The molecule has 18 heavy (non-hydrogen) atoms. The van der Waals surface area contributed by atoms with Crippen molar-refractivity contribution in [1.29, 1.82) is 0 Å². The molecule has 1 unspecified atom stereocenters. The zero-order valence-electron chi connectivity index (χ0n) is 11.8. The van der Waals surface area contributed by atoms with E-state index in [2.05, 4.69) is 22.2 Å². The van der Waals surface area contributed by atoms with Crippen molar-refractivity contribution >= 4 is 5.96 Å². The van der Waals surface area contributed by atoms with Crippen LogP contribution in [0.5, 0.6) is 0 Å².